The SMILES string of the molecule is COc1ccc(Cl)cc1/C(O)=C1\C(=O)C(=O)N(c2cccc(C)c2)C1c1ccccc1F. The van der Waals surface area contributed by atoms with Gasteiger partial charge in [-0.3, -0.25) is 14.5 Å². The fourth-order valence-corrected chi connectivity index (χ4v) is 4.05. The number of amides is 1. The van der Waals surface area contributed by atoms with Crippen LogP contribution in [0.3, 0.4) is 0 Å². The molecule has 1 saturated heterocycles. The lowest BCUT2D eigenvalue weighted by molar-refractivity contribution is -0.132. The lowest BCUT2D eigenvalue weighted by Gasteiger charge is -2.26. The Hall–Kier alpha value is -3.64. The predicted molar refractivity (Wildman–Crippen MR) is 120 cm³/mol. The predicted octanol–water partition coefficient (Wildman–Crippen LogP) is 5.42. The van der Waals surface area contributed by atoms with Crippen LogP contribution in [-0.4, -0.2) is 23.9 Å². The topological polar surface area (TPSA) is 66.8 Å². The molecular formula is C25H19ClFNO4. The van der Waals surface area contributed by atoms with Crippen LogP contribution in [0, 0.1) is 12.7 Å². The van der Waals surface area contributed by atoms with E-state index in [0.29, 0.717) is 10.7 Å². The van der Waals surface area contributed by atoms with E-state index in [-0.39, 0.29) is 22.4 Å². The number of aliphatic hydroxyl groups excluding tert-OH is 1. The van der Waals surface area contributed by atoms with Crippen LogP contribution in [-0.2, 0) is 9.59 Å². The highest BCUT2D eigenvalue weighted by Gasteiger charge is 2.48. The number of carbonyl (C=O) groups is 2. The summed E-state index contributed by atoms with van der Waals surface area (Å²) in [6, 6.07) is 16.1. The highest BCUT2D eigenvalue weighted by molar-refractivity contribution is 6.51. The number of carbonyl (C=O) groups excluding carboxylic acids is 2. The molecule has 5 nitrogen and oxygen atoms in total. The second kappa shape index (κ2) is 8.48. The van der Waals surface area contributed by atoms with Gasteiger partial charge in [-0.1, -0.05) is 41.9 Å². The minimum absolute atomic E-state index is 0.0794. The molecule has 0 aliphatic carbocycles. The van der Waals surface area contributed by atoms with Crippen molar-refractivity contribution in [3.8, 4) is 5.75 Å². The molecule has 0 aromatic heterocycles. The van der Waals surface area contributed by atoms with E-state index < -0.39 is 29.3 Å². The first-order valence-corrected chi connectivity index (χ1v) is 10.2. The van der Waals surface area contributed by atoms with E-state index in [1.807, 2.05) is 13.0 Å². The number of ketones is 1. The molecule has 1 atom stereocenters. The van der Waals surface area contributed by atoms with Crippen molar-refractivity contribution in [3.63, 3.8) is 0 Å². The largest absolute Gasteiger partial charge is 0.507 e. The molecule has 0 spiro atoms. The summed E-state index contributed by atoms with van der Waals surface area (Å²) >= 11 is 6.10. The summed E-state index contributed by atoms with van der Waals surface area (Å²) in [6.45, 7) is 1.84. The van der Waals surface area contributed by atoms with Crippen LogP contribution in [0.5, 0.6) is 5.75 Å². The van der Waals surface area contributed by atoms with Crippen LogP contribution >= 0.6 is 11.6 Å². The number of ether oxygens (including phenoxy) is 1. The Labute approximate surface area is 189 Å². The quantitative estimate of drug-likeness (QED) is 0.326. The first kappa shape index (κ1) is 21.6. The summed E-state index contributed by atoms with van der Waals surface area (Å²) in [5, 5.41) is 11.5. The first-order valence-electron chi connectivity index (χ1n) is 9.79. The molecular weight excluding hydrogens is 433 g/mol. The van der Waals surface area contributed by atoms with Gasteiger partial charge in [0, 0.05) is 16.3 Å². The molecule has 3 aromatic carbocycles. The standard InChI is InChI=1S/C25H19ClFNO4/c1-14-6-5-7-16(12-14)28-22(17-8-3-4-9-19(17)27)21(24(30)25(28)31)23(29)18-13-15(26)10-11-20(18)32-2/h3-13,22,29H,1-2H3/b23-21+. The van der Waals surface area contributed by atoms with Gasteiger partial charge in [0.2, 0.25) is 0 Å². The normalized spacial score (nSPS) is 17.6. The van der Waals surface area contributed by atoms with Crippen LogP contribution in [0.4, 0.5) is 10.1 Å². The molecule has 1 unspecified atom stereocenters. The summed E-state index contributed by atoms with van der Waals surface area (Å²) in [5.74, 6) is -2.65. The average Bonchev–Trinajstić information content (AvgIpc) is 3.04. The Kier molecular flexibility index (Phi) is 5.72. The van der Waals surface area contributed by atoms with Crippen LogP contribution < -0.4 is 9.64 Å². The van der Waals surface area contributed by atoms with Gasteiger partial charge >= 0.3 is 0 Å². The number of methoxy groups -OCH3 is 1. The van der Waals surface area contributed by atoms with Crippen LogP contribution in [0.2, 0.25) is 5.02 Å². The molecule has 1 fully saturated rings. The summed E-state index contributed by atoms with van der Waals surface area (Å²) in [5.41, 5.74) is 1.23. The van der Waals surface area contributed by atoms with Crippen molar-refractivity contribution in [2.75, 3.05) is 12.0 Å². The van der Waals surface area contributed by atoms with Gasteiger partial charge in [0.1, 0.15) is 17.3 Å². The second-order valence-corrected chi connectivity index (χ2v) is 7.81. The van der Waals surface area contributed by atoms with Crippen molar-refractivity contribution < 1.29 is 23.8 Å². The number of halogens is 2. The third kappa shape index (κ3) is 3.63. The Morgan fingerprint density at radius 3 is 2.50 bits per heavy atom. The minimum atomic E-state index is -1.18. The maximum absolute atomic E-state index is 14.9. The number of anilines is 1. The van der Waals surface area contributed by atoms with Crippen molar-refractivity contribution in [2.45, 2.75) is 13.0 Å². The molecule has 7 heteroatoms. The molecule has 1 amide bonds. The minimum Gasteiger partial charge on any atom is -0.507 e. The number of hydrogen-bond acceptors (Lipinski definition) is 4. The van der Waals surface area contributed by atoms with E-state index in [0.717, 1.165) is 5.56 Å². The molecule has 3 aromatic rings. The molecule has 32 heavy (non-hydrogen) atoms. The van der Waals surface area contributed by atoms with Crippen molar-refractivity contribution in [3.05, 3.63) is 99.8 Å². The molecule has 1 heterocycles. The van der Waals surface area contributed by atoms with Crippen LogP contribution in [0.25, 0.3) is 5.76 Å². The summed E-state index contributed by atoms with van der Waals surface area (Å²) in [6.07, 6.45) is 0. The van der Waals surface area contributed by atoms with Gasteiger partial charge in [0.25, 0.3) is 11.7 Å². The Bertz CT molecular complexity index is 1270. The van der Waals surface area contributed by atoms with Gasteiger partial charge in [-0.15, -0.1) is 0 Å². The van der Waals surface area contributed by atoms with Crippen molar-refractivity contribution in [1.82, 2.24) is 0 Å². The van der Waals surface area contributed by atoms with Gasteiger partial charge in [0.05, 0.1) is 24.3 Å². The highest BCUT2D eigenvalue weighted by Crippen LogP contribution is 2.44. The zero-order valence-corrected chi connectivity index (χ0v) is 18.1. The molecule has 4 rings (SSSR count). The summed E-state index contributed by atoms with van der Waals surface area (Å²) < 4.78 is 20.2. The Balaban J connectivity index is 2.02. The average molecular weight is 452 g/mol. The van der Waals surface area contributed by atoms with E-state index in [4.69, 9.17) is 16.3 Å². The smallest absolute Gasteiger partial charge is 0.300 e. The Morgan fingerprint density at radius 1 is 1.06 bits per heavy atom. The monoisotopic (exact) mass is 451 g/mol. The van der Waals surface area contributed by atoms with Gasteiger partial charge in [-0.05, 0) is 48.9 Å². The third-order valence-corrected chi connectivity index (χ3v) is 5.58. The lowest BCUT2D eigenvalue weighted by Crippen LogP contribution is -2.29. The van der Waals surface area contributed by atoms with E-state index in [1.54, 1.807) is 30.3 Å². The summed E-state index contributed by atoms with van der Waals surface area (Å²) in [7, 11) is 1.40. The van der Waals surface area contributed by atoms with Crippen molar-refractivity contribution in [2.24, 2.45) is 0 Å². The van der Waals surface area contributed by atoms with E-state index in [2.05, 4.69) is 0 Å². The molecule has 1 aliphatic heterocycles. The first-order chi connectivity index (χ1) is 15.3. The molecule has 1 aliphatic rings. The number of rotatable bonds is 4. The summed E-state index contributed by atoms with van der Waals surface area (Å²) in [4.78, 5) is 27.5. The number of nitrogens with zero attached hydrogens (tertiary/aromatic N) is 1. The zero-order valence-electron chi connectivity index (χ0n) is 17.3. The van der Waals surface area contributed by atoms with Crippen molar-refractivity contribution >= 4 is 34.7 Å². The van der Waals surface area contributed by atoms with Crippen LogP contribution in [0.15, 0.2) is 72.3 Å². The number of benzene rings is 3. The van der Waals surface area contributed by atoms with Crippen molar-refractivity contribution in [1.29, 1.82) is 0 Å². The Morgan fingerprint density at radius 2 is 1.81 bits per heavy atom. The maximum atomic E-state index is 14.9. The fourth-order valence-electron chi connectivity index (χ4n) is 3.88. The van der Waals surface area contributed by atoms with E-state index >= 15 is 0 Å². The van der Waals surface area contributed by atoms with Gasteiger partial charge in [-0.2, -0.15) is 0 Å². The van der Waals surface area contributed by atoms with E-state index in [1.165, 1.54) is 42.3 Å². The fraction of sp³-hybridized carbons (Fsp3) is 0.120. The molecule has 0 bridgehead atoms. The number of Topliss-reactive ketones (excluding diaryl/α,β-unsaturated/α-hetero) is 1. The second-order valence-electron chi connectivity index (χ2n) is 7.37. The molecule has 0 saturated carbocycles. The van der Waals surface area contributed by atoms with Gasteiger partial charge < -0.3 is 9.84 Å². The van der Waals surface area contributed by atoms with Gasteiger partial charge in [-0.25, -0.2) is 4.39 Å². The third-order valence-electron chi connectivity index (χ3n) is 5.34. The molecule has 162 valence electrons. The number of hydrogen-bond donors (Lipinski definition) is 1. The lowest BCUT2D eigenvalue weighted by atomic mass is 9.94. The molecule has 1 N–H and O–H groups in total. The number of aryl methyl sites for hydroxylation is 1. The maximum Gasteiger partial charge on any atom is 0.300 e. The van der Waals surface area contributed by atoms with E-state index in [9.17, 15) is 19.1 Å². The highest BCUT2D eigenvalue weighted by atomic mass is 35.5. The van der Waals surface area contributed by atoms with Crippen LogP contribution in [0.1, 0.15) is 22.7 Å². The number of aliphatic hydroxyl groups is 1. The zero-order chi connectivity index (χ0) is 23.0. The molecule has 0 radical (unpaired) electrons. The van der Waals surface area contributed by atoms with Gasteiger partial charge in [0.15, 0.2) is 0 Å².